The highest BCUT2D eigenvalue weighted by Gasteiger charge is 2.18. The van der Waals surface area contributed by atoms with E-state index in [1.165, 1.54) is 24.5 Å². The third kappa shape index (κ3) is 4.17. The van der Waals surface area contributed by atoms with Crippen LogP contribution in [0.3, 0.4) is 0 Å². The molecule has 0 bridgehead atoms. The summed E-state index contributed by atoms with van der Waals surface area (Å²) in [6.07, 6.45) is 0. The first-order valence-corrected chi connectivity index (χ1v) is 8.29. The Bertz CT molecular complexity index is 928. The Morgan fingerprint density at radius 1 is 1.11 bits per heavy atom. The van der Waals surface area contributed by atoms with Crippen molar-refractivity contribution < 1.29 is 14.3 Å². The number of nitrogens with zero attached hydrogens (tertiary/aromatic N) is 3. The van der Waals surface area contributed by atoms with Crippen LogP contribution >= 0.6 is 0 Å². The van der Waals surface area contributed by atoms with E-state index in [9.17, 15) is 4.79 Å². The molecule has 0 aliphatic rings. The Morgan fingerprint density at radius 3 is 2.33 bits per heavy atom. The van der Waals surface area contributed by atoms with Gasteiger partial charge >= 0.3 is 0 Å². The maximum atomic E-state index is 12.6. The summed E-state index contributed by atoms with van der Waals surface area (Å²) in [6, 6.07) is 13.0. The molecule has 0 aliphatic heterocycles. The Hall–Kier alpha value is -3.55. The zero-order chi connectivity index (χ0) is 19.4. The fourth-order valence-corrected chi connectivity index (χ4v) is 2.54. The van der Waals surface area contributed by atoms with Gasteiger partial charge in [-0.1, -0.05) is 35.0 Å². The molecular weight excluding hydrogens is 346 g/mol. The smallest absolute Gasteiger partial charge is 0.280 e. The highest BCUT2D eigenvalue weighted by Crippen LogP contribution is 2.26. The first-order chi connectivity index (χ1) is 13.0. The lowest BCUT2D eigenvalue weighted by Gasteiger charge is -2.09. The molecule has 3 rings (SSSR count). The minimum absolute atomic E-state index is 0.0592. The van der Waals surface area contributed by atoms with Crippen LogP contribution < -0.4 is 20.5 Å². The van der Waals surface area contributed by atoms with E-state index in [0.717, 1.165) is 5.56 Å². The Balaban J connectivity index is 1.78. The number of aromatic nitrogens is 3. The highest BCUT2D eigenvalue weighted by molar-refractivity contribution is 6.05. The molecule has 0 atom stereocenters. The van der Waals surface area contributed by atoms with E-state index in [1.54, 1.807) is 18.2 Å². The van der Waals surface area contributed by atoms with Gasteiger partial charge in [0.1, 0.15) is 11.5 Å². The number of nitrogens with two attached hydrogens (primary N) is 1. The SMILES string of the molecule is COc1cc(NC(=O)c2nnn(Cc3ccc(C)cc3)c2N)cc(OC)c1. The van der Waals surface area contributed by atoms with Gasteiger partial charge in [-0.2, -0.15) is 0 Å². The molecule has 0 unspecified atom stereocenters. The normalized spacial score (nSPS) is 10.5. The van der Waals surface area contributed by atoms with Crippen LogP contribution in [0, 0.1) is 6.92 Å². The summed E-state index contributed by atoms with van der Waals surface area (Å²) in [5.74, 6) is 0.849. The number of methoxy groups -OCH3 is 2. The van der Waals surface area contributed by atoms with Crippen molar-refractivity contribution >= 4 is 17.4 Å². The summed E-state index contributed by atoms with van der Waals surface area (Å²) >= 11 is 0. The van der Waals surface area contributed by atoms with Crippen LogP contribution in [0.25, 0.3) is 0 Å². The monoisotopic (exact) mass is 367 g/mol. The number of hydrogen-bond acceptors (Lipinski definition) is 6. The van der Waals surface area contributed by atoms with Gasteiger partial charge in [0.25, 0.3) is 5.91 Å². The molecule has 3 N–H and O–H groups in total. The highest BCUT2D eigenvalue weighted by atomic mass is 16.5. The number of rotatable bonds is 6. The van der Waals surface area contributed by atoms with Crippen molar-refractivity contribution in [1.29, 1.82) is 0 Å². The molecule has 2 aromatic carbocycles. The van der Waals surface area contributed by atoms with Crippen molar-refractivity contribution in [2.75, 3.05) is 25.3 Å². The molecule has 1 heterocycles. The Morgan fingerprint density at radius 2 is 1.74 bits per heavy atom. The summed E-state index contributed by atoms with van der Waals surface area (Å²) in [7, 11) is 3.07. The third-order valence-electron chi connectivity index (χ3n) is 4.05. The summed E-state index contributed by atoms with van der Waals surface area (Å²) < 4.78 is 11.9. The minimum atomic E-state index is -0.460. The lowest BCUT2D eigenvalue weighted by Crippen LogP contribution is -2.15. The lowest BCUT2D eigenvalue weighted by molar-refractivity contribution is 0.102. The predicted molar refractivity (Wildman–Crippen MR) is 102 cm³/mol. The molecule has 3 aromatic rings. The molecular formula is C19H21N5O3. The molecule has 0 fully saturated rings. The fourth-order valence-electron chi connectivity index (χ4n) is 2.54. The lowest BCUT2D eigenvalue weighted by atomic mass is 10.1. The van der Waals surface area contributed by atoms with Crippen LogP contribution in [0.15, 0.2) is 42.5 Å². The van der Waals surface area contributed by atoms with Crippen molar-refractivity contribution in [2.24, 2.45) is 0 Å². The molecule has 0 saturated carbocycles. The predicted octanol–water partition coefficient (Wildman–Crippen LogP) is 2.49. The van der Waals surface area contributed by atoms with Gasteiger partial charge in [-0.05, 0) is 12.5 Å². The zero-order valence-corrected chi connectivity index (χ0v) is 15.4. The van der Waals surface area contributed by atoms with Crippen LogP contribution in [-0.2, 0) is 6.54 Å². The molecule has 0 aliphatic carbocycles. The number of carbonyl (C=O) groups is 1. The van der Waals surface area contributed by atoms with E-state index < -0.39 is 5.91 Å². The number of benzene rings is 2. The molecule has 0 radical (unpaired) electrons. The average Bonchev–Trinajstić information content (AvgIpc) is 3.03. The first-order valence-electron chi connectivity index (χ1n) is 8.29. The van der Waals surface area contributed by atoms with Gasteiger partial charge in [-0.3, -0.25) is 4.79 Å². The van der Waals surface area contributed by atoms with Gasteiger partial charge in [0.15, 0.2) is 11.5 Å². The fraction of sp³-hybridized carbons (Fsp3) is 0.211. The van der Waals surface area contributed by atoms with Crippen LogP contribution in [0.1, 0.15) is 21.6 Å². The van der Waals surface area contributed by atoms with E-state index in [4.69, 9.17) is 15.2 Å². The molecule has 8 heteroatoms. The second-order valence-corrected chi connectivity index (χ2v) is 6.02. The van der Waals surface area contributed by atoms with Crippen LogP contribution in [0.5, 0.6) is 11.5 Å². The van der Waals surface area contributed by atoms with Crippen LogP contribution in [0.4, 0.5) is 11.5 Å². The summed E-state index contributed by atoms with van der Waals surface area (Å²) in [5, 5.41) is 10.7. The summed E-state index contributed by atoms with van der Waals surface area (Å²) in [4.78, 5) is 12.6. The number of hydrogen-bond donors (Lipinski definition) is 2. The quantitative estimate of drug-likeness (QED) is 0.694. The van der Waals surface area contributed by atoms with Crippen molar-refractivity contribution in [3.05, 3.63) is 59.3 Å². The molecule has 140 valence electrons. The van der Waals surface area contributed by atoms with Gasteiger partial charge in [0, 0.05) is 23.9 Å². The maximum Gasteiger partial charge on any atom is 0.280 e. The van der Waals surface area contributed by atoms with Crippen molar-refractivity contribution in [3.63, 3.8) is 0 Å². The largest absolute Gasteiger partial charge is 0.497 e. The minimum Gasteiger partial charge on any atom is -0.497 e. The molecule has 27 heavy (non-hydrogen) atoms. The summed E-state index contributed by atoms with van der Waals surface area (Å²) in [5.41, 5.74) is 8.82. The van der Waals surface area contributed by atoms with Gasteiger partial charge in [-0.25, -0.2) is 4.68 Å². The molecule has 1 amide bonds. The van der Waals surface area contributed by atoms with Crippen molar-refractivity contribution in [3.8, 4) is 11.5 Å². The number of carbonyl (C=O) groups excluding carboxylic acids is 1. The number of nitrogen functional groups attached to an aromatic ring is 1. The van der Waals surface area contributed by atoms with E-state index in [0.29, 0.717) is 23.7 Å². The topological polar surface area (TPSA) is 104 Å². The zero-order valence-electron chi connectivity index (χ0n) is 15.4. The second kappa shape index (κ2) is 7.77. The Labute approximate surface area is 156 Å². The number of nitrogens with one attached hydrogen (secondary N) is 1. The number of amides is 1. The first kappa shape index (κ1) is 18.2. The number of anilines is 2. The number of aryl methyl sites for hydroxylation is 1. The molecule has 0 spiro atoms. The van der Waals surface area contributed by atoms with Crippen LogP contribution in [-0.4, -0.2) is 35.1 Å². The summed E-state index contributed by atoms with van der Waals surface area (Å²) in [6.45, 7) is 2.45. The molecule has 8 nitrogen and oxygen atoms in total. The standard InChI is InChI=1S/C19H21N5O3/c1-12-4-6-13(7-5-12)11-24-18(20)17(22-23-24)19(25)21-14-8-15(26-2)10-16(9-14)27-3/h4-10H,11,20H2,1-3H3,(H,21,25). The van der Waals surface area contributed by atoms with Gasteiger partial charge in [0.2, 0.25) is 0 Å². The van der Waals surface area contributed by atoms with Crippen LogP contribution in [0.2, 0.25) is 0 Å². The van der Waals surface area contributed by atoms with Gasteiger partial charge in [0.05, 0.1) is 20.8 Å². The average molecular weight is 367 g/mol. The second-order valence-electron chi connectivity index (χ2n) is 6.02. The Kier molecular flexibility index (Phi) is 5.25. The molecule has 1 aromatic heterocycles. The molecule has 0 saturated heterocycles. The van der Waals surface area contributed by atoms with E-state index >= 15 is 0 Å². The van der Waals surface area contributed by atoms with E-state index in [-0.39, 0.29) is 11.5 Å². The van der Waals surface area contributed by atoms with Crippen molar-refractivity contribution in [1.82, 2.24) is 15.0 Å². The maximum absolute atomic E-state index is 12.6. The third-order valence-corrected chi connectivity index (χ3v) is 4.05. The number of ether oxygens (including phenoxy) is 2. The van der Waals surface area contributed by atoms with E-state index in [2.05, 4.69) is 15.6 Å². The van der Waals surface area contributed by atoms with Gasteiger partial charge in [-0.15, -0.1) is 5.10 Å². The van der Waals surface area contributed by atoms with Crippen molar-refractivity contribution in [2.45, 2.75) is 13.5 Å². The van der Waals surface area contributed by atoms with E-state index in [1.807, 2.05) is 31.2 Å². The van der Waals surface area contributed by atoms with Gasteiger partial charge < -0.3 is 20.5 Å².